The van der Waals surface area contributed by atoms with Crippen LogP contribution in [0.5, 0.6) is 0 Å². The van der Waals surface area contributed by atoms with Crippen LogP contribution in [0, 0.1) is 5.92 Å². The van der Waals surface area contributed by atoms with Crippen molar-refractivity contribution in [2.75, 3.05) is 32.0 Å². The van der Waals surface area contributed by atoms with Gasteiger partial charge in [-0.15, -0.1) is 0 Å². The number of anilines is 1. The first-order valence-electron chi connectivity index (χ1n) is 7.29. The molecule has 0 fully saturated rings. The molecule has 0 spiro atoms. The maximum Gasteiger partial charge on any atom is 0.274 e. The van der Waals surface area contributed by atoms with Gasteiger partial charge in [0.15, 0.2) is 0 Å². The summed E-state index contributed by atoms with van der Waals surface area (Å²) in [7, 11) is 0. The number of hydrogen-bond acceptors (Lipinski definition) is 5. The van der Waals surface area contributed by atoms with E-state index in [9.17, 15) is 4.79 Å². The first-order valence-corrected chi connectivity index (χ1v) is 7.67. The second-order valence-electron chi connectivity index (χ2n) is 5.20. The fourth-order valence-electron chi connectivity index (χ4n) is 2.32. The van der Waals surface area contributed by atoms with Gasteiger partial charge in [0.1, 0.15) is 5.84 Å². The molecule has 0 bridgehead atoms. The lowest BCUT2D eigenvalue weighted by atomic mass is 10.1. The zero-order valence-electron chi connectivity index (χ0n) is 12.8. The van der Waals surface area contributed by atoms with E-state index in [1.54, 1.807) is 12.1 Å². The van der Waals surface area contributed by atoms with Gasteiger partial charge in [-0.1, -0.05) is 18.5 Å². The normalized spacial score (nSPS) is 15.6. The molecule has 2 rings (SSSR count). The fraction of sp³-hybridized carbons (Fsp3) is 0.467. The number of hydroxylamine groups is 1. The third-order valence-corrected chi connectivity index (χ3v) is 3.88. The highest BCUT2D eigenvalue weighted by Crippen LogP contribution is 2.19. The fourth-order valence-corrected chi connectivity index (χ4v) is 2.50. The Morgan fingerprint density at radius 1 is 1.59 bits per heavy atom. The van der Waals surface area contributed by atoms with Gasteiger partial charge in [-0.25, -0.2) is 5.48 Å². The van der Waals surface area contributed by atoms with E-state index in [0.29, 0.717) is 22.9 Å². The maximum absolute atomic E-state index is 12.0. The number of carbonyl (C=O) groups is 1. The standard InChI is InChI=1S/C15H21ClN4O2/c1-3-20-7-6-18-14(20)10(2)9-22-19-15(21)11-4-5-13(17)12(16)8-11/h4-5,8,10H,3,6-7,9,17H2,1-2H3,(H,19,21). The Morgan fingerprint density at radius 2 is 2.36 bits per heavy atom. The quantitative estimate of drug-likeness (QED) is 0.619. The Labute approximate surface area is 135 Å². The Kier molecular flexibility index (Phi) is 5.63. The molecule has 1 amide bonds. The Bertz CT molecular complexity index is 577. The van der Waals surface area contributed by atoms with Crippen LogP contribution >= 0.6 is 11.6 Å². The van der Waals surface area contributed by atoms with Crippen molar-refractivity contribution in [1.29, 1.82) is 0 Å². The zero-order chi connectivity index (χ0) is 16.1. The van der Waals surface area contributed by atoms with Crippen LogP contribution in [-0.4, -0.2) is 42.9 Å². The summed E-state index contributed by atoms with van der Waals surface area (Å²) in [5, 5.41) is 0.347. The van der Waals surface area contributed by atoms with E-state index in [2.05, 4.69) is 22.3 Å². The first-order chi connectivity index (χ1) is 10.5. The van der Waals surface area contributed by atoms with E-state index in [-0.39, 0.29) is 11.8 Å². The molecule has 120 valence electrons. The van der Waals surface area contributed by atoms with Gasteiger partial charge in [-0.3, -0.25) is 14.6 Å². The van der Waals surface area contributed by atoms with Crippen molar-refractivity contribution < 1.29 is 9.63 Å². The number of rotatable bonds is 6. The van der Waals surface area contributed by atoms with Crippen LogP contribution in [0.3, 0.4) is 0 Å². The topological polar surface area (TPSA) is 80.0 Å². The van der Waals surface area contributed by atoms with Crippen LogP contribution in [0.4, 0.5) is 5.69 Å². The van der Waals surface area contributed by atoms with E-state index in [4.69, 9.17) is 22.2 Å². The molecule has 0 saturated carbocycles. The molecule has 1 aliphatic rings. The molecule has 3 N–H and O–H groups in total. The van der Waals surface area contributed by atoms with Gasteiger partial charge in [0.2, 0.25) is 0 Å². The molecule has 1 atom stereocenters. The lowest BCUT2D eigenvalue weighted by Gasteiger charge is -2.22. The van der Waals surface area contributed by atoms with Gasteiger partial charge in [0, 0.05) is 24.6 Å². The molecule has 1 aliphatic heterocycles. The highest BCUT2D eigenvalue weighted by molar-refractivity contribution is 6.33. The largest absolute Gasteiger partial charge is 0.398 e. The molecule has 7 heteroatoms. The predicted molar refractivity (Wildman–Crippen MR) is 88.0 cm³/mol. The van der Waals surface area contributed by atoms with Crippen LogP contribution in [0.25, 0.3) is 0 Å². The van der Waals surface area contributed by atoms with Crippen LogP contribution in [0.15, 0.2) is 23.2 Å². The first kappa shape index (κ1) is 16.6. The number of halogens is 1. The summed E-state index contributed by atoms with van der Waals surface area (Å²) in [6, 6.07) is 4.70. The number of benzene rings is 1. The van der Waals surface area contributed by atoms with Crippen molar-refractivity contribution in [2.45, 2.75) is 13.8 Å². The minimum Gasteiger partial charge on any atom is -0.398 e. The van der Waals surface area contributed by atoms with Gasteiger partial charge in [0.05, 0.1) is 23.9 Å². The van der Waals surface area contributed by atoms with Crippen LogP contribution in [-0.2, 0) is 4.84 Å². The minimum atomic E-state index is -0.352. The highest BCUT2D eigenvalue weighted by atomic mass is 35.5. The smallest absolute Gasteiger partial charge is 0.274 e. The maximum atomic E-state index is 12.0. The van der Waals surface area contributed by atoms with Gasteiger partial charge in [-0.05, 0) is 25.1 Å². The molecular weight excluding hydrogens is 304 g/mol. The zero-order valence-corrected chi connectivity index (χ0v) is 13.6. The third kappa shape index (κ3) is 3.90. The van der Waals surface area contributed by atoms with Crippen LogP contribution in [0.1, 0.15) is 24.2 Å². The number of nitrogens with two attached hydrogens (primary N) is 1. The summed E-state index contributed by atoms with van der Waals surface area (Å²) in [5.41, 5.74) is 8.87. The number of nitrogen functional groups attached to an aromatic ring is 1. The van der Waals surface area contributed by atoms with E-state index >= 15 is 0 Å². The number of aliphatic imine (C=N–C) groups is 1. The van der Waals surface area contributed by atoms with Crippen LogP contribution < -0.4 is 11.2 Å². The van der Waals surface area contributed by atoms with Gasteiger partial charge in [0.25, 0.3) is 5.91 Å². The van der Waals surface area contributed by atoms with Crippen molar-refractivity contribution >= 4 is 29.0 Å². The monoisotopic (exact) mass is 324 g/mol. The van der Waals surface area contributed by atoms with Crippen molar-refractivity contribution in [1.82, 2.24) is 10.4 Å². The number of hydrogen-bond donors (Lipinski definition) is 2. The molecule has 1 aromatic rings. The summed E-state index contributed by atoms with van der Waals surface area (Å²) in [5.74, 6) is 0.805. The van der Waals surface area contributed by atoms with Gasteiger partial charge >= 0.3 is 0 Å². The number of amides is 1. The molecule has 0 aliphatic carbocycles. The molecule has 1 heterocycles. The molecule has 22 heavy (non-hydrogen) atoms. The van der Waals surface area contributed by atoms with Gasteiger partial charge < -0.3 is 10.6 Å². The predicted octanol–water partition coefficient (Wildman–Crippen LogP) is 1.95. The molecule has 0 aromatic heterocycles. The average Bonchev–Trinajstić information content (AvgIpc) is 2.98. The molecule has 1 aromatic carbocycles. The summed E-state index contributed by atoms with van der Waals surface area (Å²) >= 11 is 5.89. The van der Waals surface area contributed by atoms with Crippen molar-refractivity contribution in [3.63, 3.8) is 0 Å². The molecular formula is C15H21ClN4O2. The second kappa shape index (κ2) is 7.47. The summed E-state index contributed by atoms with van der Waals surface area (Å²) < 4.78 is 0. The minimum absolute atomic E-state index is 0.123. The summed E-state index contributed by atoms with van der Waals surface area (Å²) in [6.45, 7) is 7.19. The molecule has 1 unspecified atom stereocenters. The lowest BCUT2D eigenvalue weighted by molar-refractivity contribution is 0.0248. The Hall–Kier alpha value is -1.79. The lowest BCUT2D eigenvalue weighted by Crippen LogP contribution is -2.35. The van der Waals surface area contributed by atoms with E-state index in [1.165, 1.54) is 6.07 Å². The van der Waals surface area contributed by atoms with E-state index in [0.717, 1.165) is 25.5 Å². The number of carbonyl (C=O) groups excluding carboxylic acids is 1. The molecule has 0 saturated heterocycles. The number of nitrogens with one attached hydrogen (secondary N) is 1. The average molecular weight is 325 g/mol. The number of amidine groups is 1. The van der Waals surface area contributed by atoms with Crippen molar-refractivity contribution in [3.05, 3.63) is 28.8 Å². The van der Waals surface area contributed by atoms with E-state index < -0.39 is 0 Å². The van der Waals surface area contributed by atoms with Gasteiger partial charge in [-0.2, -0.15) is 0 Å². The third-order valence-electron chi connectivity index (χ3n) is 3.55. The molecule has 0 radical (unpaired) electrons. The molecule has 6 nitrogen and oxygen atoms in total. The van der Waals surface area contributed by atoms with Crippen LogP contribution in [0.2, 0.25) is 5.02 Å². The summed E-state index contributed by atoms with van der Waals surface area (Å²) in [4.78, 5) is 24.0. The second-order valence-corrected chi connectivity index (χ2v) is 5.61. The Morgan fingerprint density at radius 3 is 3.05 bits per heavy atom. The Balaban J connectivity index is 1.83. The van der Waals surface area contributed by atoms with Crippen molar-refractivity contribution in [3.8, 4) is 0 Å². The summed E-state index contributed by atoms with van der Waals surface area (Å²) in [6.07, 6.45) is 0. The van der Waals surface area contributed by atoms with Crippen molar-refractivity contribution in [2.24, 2.45) is 10.9 Å². The number of nitrogens with zero attached hydrogens (tertiary/aromatic N) is 2. The number of likely N-dealkylation sites (N-methyl/N-ethyl adjacent to an activating group) is 1. The SMILES string of the molecule is CCN1CCN=C1C(C)CONC(=O)c1ccc(N)c(Cl)c1. The van der Waals surface area contributed by atoms with E-state index in [1.807, 2.05) is 6.92 Å². The highest BCUT2D eigenvalue weighted by Gasteiger charge is 2.21.